The molecule has 0 aromatic carbocycles. The lowest BCUT2D eigenvalue weighted by Crippen LogP contribution is -2.46. The average molecular weight is 216 g/mol. The number of hydrogen-bond acceptors (Lipinski definition) is 4. The van der Waals surface area contributed by atoms with Crippen molar-refractivity contribution in [3.8, 4) is 0 Å². The molecule has 0 atom stereocenters. The van der Waals surface area contributed by atoms with Crippen LogP contribution in [0.2, 0.25) is 0 Å². The molecule has 0 bridgehead atoms. The molecule has 0 saturated heterocycles. The van der Waals surface area contributed by atoms with E-state index in [0.29, 0.717) is 38.9 Å². The first-order valence-corrected chi connectivity index (χ1v) is 5.64. The smallest absolute Gasteiger partial charge is 0.338 e. The van der Waals surface area contributed by atoms with Gasteiger partial charge in [-0.1, -0.05) is 0 Å². The summed E-state index contributed by atoms with van der Waals surface area (Å²) in [6.07, 6.45) is 2.03. The molecule has 0 radical (unpaired) electrons. The second kappa shape index (κ2) is 5.47. The summed E-state index contributed by atoms with van der Waals surface area (Å²) in [5.41, 5.74) is -0.802. The minimum Gasteiger partial charge on any atom is -0.464 e. The molecule has 1 N–H and O–H groups in total. The molecule has 0 aliphatic heterocycles. The molecular weight excluding hydrogens is 196 g/mol. The third-order valence-electron chi connectivity index (χ3n) is 2.83. The van der Waals surface area contributed by atoms with E-state index in [1.165, 1.54) is 0 Å². The maximum Gasteiger partial charge on any atom is 0.338 e. The first-order valence-electron chi connectivity index (χ1n) is 5.64. The maximum atomic E-state index is 11.8. The summed E-state index contributed by atoms with van der Waals surface area (Å²) in [7, 11) is 0. The predicted octanol–water partition coefficient (Wildman–Crippen LogP) is 1.26. The van der Waals surface area contributed by atoms with Gasteiger partial charge in [0, 0.05) is 6.61 Å². The molecule has 0 heterocycles. The van der Waals surface area contributed by atoms with E-state index in [2.05, 4.69) is 0 Å². The number of esters is 1. The van der Waals surface area contributed by atoms with Gasteiger partial charge in [-0.15, -0.1) is 0 Å². The molecule has 1 aliphatic rings. The summed E-state index contributed by atoms with van der Waals surface area (Å²) in [4.78, 5) is 11.8. The highest BCUT2D eigenvalue weighted by atomic mass is 16.6. The number of aliphatic hydroxyl groups is 1. The first kappa shape index (κ1) is 12.5. The standard InChI is InChI=1S/C11H20O4/c1-3-14-10(13)11(15-4-2)7-5-9(12)6-8-11/h9,12H,3-8H2,1-2H3. The predicted molar refractivity (Wildman–Crippen MR) is 55.5 cm³/mol. The van der Waals surface area contributed by atoms with Crippen LogP contribution < -0.4 is 0 Å². The summed E-state index contributed by atoms with van der Waals surface area (Å²) in [5, 5.41) is 9.41. The van der Waals surface area contributed by atoms with E-state index in [9.17, 15) is 9.90 Å². The third kappa shape index (κ3) is 2.92. The van der Waals surface area contributed by atoms with Crippen LogP contribution in [0.4, 0.5) is 0 Å². The van der Waals surface area contributed by atoms with Crippen molar-refractivity contribution in [1.29, 1.82) is 0 Å². The number of hydrogen-bond donors (Lipinski definition) is 1. The Labute approximate surface area is 90.6 Å². The Kier molecular flexibility index (Phi) is 4.54. The molecule has 0 spiro atoms. The quantitative estimate of drug-likeness (QED) is 0.719. The third-order valence-corrected chi connectivity index (χ3v) is 2.83. The molecule has 1 fully saturated rings. The van der Waals surface area contributed by atoms with Gasteiger partial charge in [-0.25, -0.2) is 4.79 Å². The lowest BCUT2D eigenvalue weighted by atomic mass is 9.83. The number of ether oxygens (including phenoxy) is 2. The fourth-order valence-electron chi connectivity index (χ4n) is 2.02. The van der Waals surface area contributed by atoms with E-state index in [4.69, 9.17) is 9.47 Å². The molecule has 15 heavy (non-hydrogen) atoms. The molecular formula is C11H20O4. The van der Waals surface area contributed by atoms with Crippen LogP contribution in [-0.2, 0) is 14.3 Å². The molecule has 0 aromatic rings. The molecule has 1 rings (SSSR count). The number of rotatable bonds is 4. The highest BCUT2D eigenvalue weighted by Crippen LogP contribution is 2.33. The van der Waals surface area contributed by atoms with Crippen LogP contribution in [-0.4, -0.2) is 36.0 Å². The van der Waals surface area contributed by atoms with Crippen LogP contribution in [0.5, 0.6) is 0 Å². The zero-order chi connectivity index (χ0) is 11.3. The van der Waals surface area contributed by atoms with Crippen LogP contribution in [0, 0.1) is 0 Å². The Morgan fingerprint density at radius 2 is 1.93 bits per heavy atom. The fourth-order valence-corrected chi connectivity index (χ4v) is 2.02. The second-order valence-corrected chi connectivity index (χ2v) is 3.88. The summed E-state index contributed by atoms with van der Waals surface area (Å²) >= 11 is 0. The van der Waals surface area contributed by atoms with Gasteiger partial charge in [0.05, 0.1) is 12.7 Å². The van der Waals surface area contributed by atoms with Gasteiger partial charge >= 0.3 is 5.97 Å². The van der Waals surface area contributed by atoms with Crippen LogP contribution in [0.15, 0.2) is 0 Å². The monoisotopic (exact) mass is 216 g/mol. The number of carbonyl (C=O) groups excluding carboxylic acids is 1. The number of aliphatic hydroxyl groups excluding tert-OH is 1. The Morgan fingerprint density at radius 3 is 2.40 bits per heavy atom. The zero-order valence-electron chi connectivity index (χ0n) is 9.49. The van der Waals surface area contributed by atoms with E-state index < -0.39 is 5.60 Å². The van der Waals surface area contributed by atoms with Crippen molar-refractivity contribution in [1.82, 2.24) is 0 Å². The normalized spacial score (nSPS) is 31.3. The Hall–Kier alpha value is -0.610. The van der Waals surface area contributed by atoms with Crippen molar-refractivity contribution < 1.29 is 19.4 Å². The van der Waals surface area contributed by atoms with Gasteiger partial charge in [0.2, 0.25) is 0 Å². The average Bonchev–Trinajstić information content (AvgIpc) is 2.22. The molecule has 4 heteroatoms. The van der Waals surface area contributed by atoms with Crippen LogP contribution in [0.1, 0.15) is 39.5 Å². The largest absolute Gasteiger partial charge is 0.464 e. The van der Waals surface area contributed by atoms with Crippen LogP contribution in [0.25, 0.3) is 0 Å². The van der Waals surface area contributed by atoms with Crippen molar-refractivity contribution in [3.05, 3.63) is 0 Å². The van der Waals surface area contributed by atoms with Gasteiger partial charge in [0.15, 0.2) is 5.60 Å². The molecule has 0 amide bonds. The molecule has 1 aliphatic carbocycles. The number of carbonyl (C=O) groups is 1. The zero-order valence-corrected chi connectivity index (χ0v) is 9.49. The SMILES string of the molecule is CCOC(=O)C1(OCC)CCC(O)CC1. The topological polar surface area (TPSA) is 55.8 Å². The highest BCUT2D eigenvalue weighted by molar-refractivity contribution is 5.79. The van der Waals surface area contributed by atoms with E-state index in [-0.39, 0.29) is 12.1 Å². The molecule has 0 aromatic heterocycles. The van der Waals surface area contributed by atoms with Crippen molar-refractivity contribution in [2.45, 2.75) is 51.2 Å². The first-order chi connectivity index (χ1) is 7.14. The highest BCUT2D eigenvalue weighted by Gasteiger charge is 2.43. The van der Waals surface area contributed by atoms with Crippen molar-refractivity contribution in [3.63, 3.8) is 0 Å². The minimum absolute atomic E-state index is 0.279. The van der Waals surface area contributed by atoms with Gasteiger partial charge in [-0.3, -0.25) is 0 Å². The van der Waals surface area contributed by atoms with E-state index >= 15 is 0 Å². The molecule has 1 saturated carbocycles. The minimum atomic E-state index is -0.802. The van der Waals surface area contributed by atoms with Gasteiger partial charge in [0.25, 0.3) is 0 Å². The summed E-state index contributed by atoms with van der Waals surface area (Å²) < 4.78 is 10.6. The van der Waals surface area contributed by atoms with Gasteiger partial charge in [-0.05, 0) is 39.5 Å². The van der Waals surface area contributed by atoms with Gasteiger partial charge in [-0.2, -0.15) is 0 Å². The van der Waals surface area contributed by atoms with Gasteiger partial charge in [0.1, 0.15) is 0 Å². The fraction of sp³-hybridized carbons (Fsp3) is 0.909. The summed E-state index contributed by atoms with van der Waals surface area (Å²) in [6, 6.07) is 0. The Morgan fingerprint density at radius 1 is 1.33 bits per heavy atom. The van der Waals surface area contributed by atoms with E-state index in [1.54, 1.807) is 6.92 Å². The Bertz CT molecular complexity index is 207. The lowest BCUT2D eigenvalue weighted by molar-refractivity contribution is -0.179. The van der Waals surface area contributed by atoms with E-state index in [0.717, 1.165) is 0 Å². The van der Waals surface area contributed by atoms with Crippen molar-refractivity contribution in [2.24, 2.45) is 0 Å². The lowest BCUT2D eigenvalue weighted by Gasteiger charge is -2.36. The Balaban J connectivity index is 2.65. The molecule has 0 unspecified atom stereocenters. The van der Waals surface area contributed by atoms with Gasteiger partial charge < -0.3 is 14.6 Å². The maximum absolute atomic E-state index is 11.8. The van der Waals surface area contributed by atoms with E-state index in [1.807, 2.05) is 6.92 Å². The van der Waals surface area contributed by atoms with Crippen LogP contribution >= 0.6 is 0 Å². The molecule has 4 nitrogen and oxygen atoms in total. The van der Waals surface area contributed by atoms with Crippen molar-refractivity contribution >= 4 is 5.97 Å². The summed E-state index contributed by atoms with van der Waals surface area (Å²) in [5.74, 6) is -0.279. The van der Waals surface area contributed by atoms with Crippen molar-refractivity contribution in [2.75, 3.05) is 13.2 Å². The van der Waals surface area contributed by atoms with Crippen LogP contribution in [0.3, 0.4) is 0 Å². The molecule has 88 valence electrons. The second-order valence-electron chi connectivity index (χ2n) is 3.88. The summed E-state index contributed by atoms with van der Waals surface area (Å²) in [6.45, 7) is 4.52.